The lowest BCUT2D eigenvalue weighted by atomic mass is 9.82. The molecule has 21 heavy (non-hydrogen) atoms. The first-order chi connectivity index (χ1) is 10.1. The number of carbonyl (C=O) groups is 2. The van der Waals surface area contributed by atoms with Gasteiger partial charge in [0.05, 0.1) is 6.67 Å². The second-order valence-corrected chi connectivity index (χ2v) is 5.32. The van der Waals surface area contributed by atoms with Crippen LogP contribution in [0.2, 0.25) is 0 Å². The molecule has 2 rings (SSSR count). The number of rotatable bonds is 4. The molecule has 0 spiro atoms. The molecule has 0 heterocycles. The van der Waals surface area contributed by atoms with Crippen molar-refractivity contribution in [1.29, 1.82) is 0 Å². The summed E-state index contributed by atoms with van der Waals surface area (Å²) in [6.07, 6.45) is 3.54. The standard InChI is InChI=1S/C15H21N3O3/c16-11-18(12-7-3-1-4-8-12)14(21)17-15(13(19)20)9-5-2-6-10-15/h1,3-4,7-8H,2,5-6,9-11,16H2,(H,17,21)(H,19,20). The lowest BCUT2D eigenvalue weighted by Crippen LogP contribution is -2.59. The molecule has 1 aromatic rings. The number of hydrogen-bond donors (Lipinski definition) is 3. The Balaban J connectivity index is 2.16. The highest BCUT2D eigenvalue weighted by molar-refractivity contribution is 5.95. The molecule has 114 valence electrons. The van der Waals surface area contributed by atoms with E-state index in [2.05, 4.69) is 5.32 Å². The number of nitrogens with two attached hydrogens (primary N) is 1. The van der Waals surface area contributed by atoms with E-state index in [1.807, 2.05) is 6.07 Å². The lowest BCUT2D eigenvalue weighted by molar-refractivity contribution is -0.145. The van der Waals surface area contributed by atoms with Crippen LogP contribution in [0.3, 0.4) is 0 Å². The number of nitrogens with one attached hydrogen (secondary N) is 1. The van der Waals surface area contributed by atoms with Gasteiger partial charge in [-0.1, -0.05) is 37.5 Å². The number of anilines is 1. The number of para-hydroxylation sites is 1. The molecule has 1 saturated carbocycles. The van der Waals surface area contributed by atoms with Gasteiger partial charge in [0.2, 0.25) is 0 Å². The number of hydrogen-bond acceptors (Lipinski definition) is 3. The van der Waals surface area contributed by atoms with Crippen molar-refractivity contribution in [2.75, 3.05) is 11.6 Å². The molecule has 0 aliphatic heterocycles. The van der Waals surface area contributed by atoms with Gasteiger partial charge in [0.15, 0.2) is 0 Å². The number of benzene rings is 1. The Bertz CT molecular complexity index is 498. The van der Waals surface area contributed by atoms with Crippen LogP contribution in [0.5, 0.6) is 0 Å². The van der Waals surface area contributed by atoms with Gasteiger partial charge in [-0.15, -0.1) is 0 Å². The minimum absolute atomic E-state index is 0.00839. The third kappa shape index (κ3) is 3.33. The van der Waals surface area contributed by atoms with E-state index in [0.717, 1.165) is 19.3 Å². The first kappa shape index (κ1) is 15.3. The SMILES string of the molecule is NCN(C(=O)NC1(C(=O)O)CCCCC1)c1ccccc1. The van der Waals surface area contributed by atoms with Crippen molar-refractivity contribution in [3.8, 4) is 0 Å². The topological polar surface area (TPSA) is 95.7 Å². The predicted molar refractivity (Wildman–Crippen MR) is 80.0 cm³/mol. The molecular formula is C15H21N3O3. The van der Waals surface area contributed by atoms with Gasteiger partial charge < -0.3 is 16.2 Å². The molecule has 0 unspecified atom stereocenters. The van der Waals surface area contributed by atoms with Crippen molar-refractivity contribution in [3.05, 3.63) is 30.3 Å². The molecule has 1 aromatic carbocycles. The molecule has 0 aromatic heterocycles. The number of carboxylic acids is 1. The van der Waals surface area contributed by atoms with Gasteiger partial charge in [0.1, 0.15) is 5.54 Å². The molecule has 2 amide bonds. The average Bonchev–Trinajstić information content (AvgIpc) is 2.50. The molecule has 6 nitrogen and oxygen atoms in total. The van der Waals surface area contributed by atoms with Crippen molar-refractivity contribution in [2.24, 2.45) is 5.73 Å². The summed E-state index contributed by atoms with van der Waals surface area (Å²) in [5.74, 6) is -0.972. The summed E-state index contributed by atoms with van der Waals surface area (Å²) >= 11 is 0. The third-order valence-corrected chi connectivity index (χ3v) is 3.96. The van der Waals surface area contributed by atoms with Crippen LogP contribution in [0.15, 0.2) is 30.3 Å². The Morgan fingerprint density at radius 3 is 2.33 bits per heavy atom. The maximum atomic E-state index is 12.4. The quantitative estimate of drug-likeness (QED) is 0.738. The van der Waals surface area contributed by atoms with Crippen LogP contribution in [-0.2, 0) is 4.79 Å². The molecule has 0 bridgehead atoms. The maximum absolute atomic E-state index is 12.4. The summed E-state index contributed by atoms with van der Waals surface area (Å²) in [7, 11) is 0. The van der Waals surface area contributed by atoms with E-state index in [1.165, 1.54) is 4.90 Å². The minimum Gasteiger partial charge on any atom is -0.480 e. The van der Waals surface area contributed by atoms with Gasteiger partial charge in [-0.3, -0.25) is 4.90 Å². The zero-order valence-electron chi connectivity index (χ0n) is 11.9. The minimum atomic E-state index is -1.17. The Morgan fingerprint density at radius 2 is 1.81 bits per heavy atom. The number of carboxylic acid groups (broad SMARTS) is 1. The Hall–Kier alpha value is -2.08. The van der Waals surface area contributed by atoms with Crippen LogP contribution in [0.1, 0.15) is 32.1 Å². The van der Waals surface area contributed by atoms with Crippen LogP contribution < -0.4 is 16.0 Å². The summed E-state index contributed by atoms with van der Waals surface area (Å²) in [4.78, 5) is 25.4. The van der Waals surface area contributed by atoms with Gasteiger partial charge in [0.25, 0.3) is 0 Å². The Kier molecular flexibility index (Phi) is 4.80. The van der Waals surface area contributed by atoms with E-state index >= 15 is 0 Å². The first-order valence-corrected chi connectivity index (χ1v) is 7.17. The fraction of sp³-hybridized carbons (Fsp3) is 0.467. The Labute approximate surface area is 123 Å². The second-order valence-electron chi connectivity index (χ2n) is 5.32. The largest absolute Gasteiger partial charge is 0.480 e. The zero-order chi connectivity index (χ0) is 15.3. The molecule has 6 heteroatoms. The molecule has 1 aliphatic carbocycles. The fourth-order valence-electron chi connectivity index (χ4n) is 2.73. The highest BCUT2D eigenvalue weighted by atomic mass is 16.4. The number of amides is 2. The van der Waals surface area contributed by atoms with Crippen LogP contribution in [-0.4, -0.2) is 29.3 Å². The summed E-state index contributed by atoms with van der Waals surface area (Å²) in [5, 5.41) is 12.2. The first-order valence-electron chi connectivity index (χ1n) is 7.17. The Morgan fingerprint density at radius 1 is 1.19 bits per heavy atom. The van der Waals surface area contributed by atoms with Gasteiger partial charge in [-0.25, -0.2) is 9.59 Å². The van der Waals surface area contributed by atoms with Crippen molar-refractivity contribution in [3.63, 3.8) is 0 Å². The molecule has 1 aliphatic rings. The lowest BCUT2D eigenvalue weighted by Gasteiger charge is -2.35. The van der Waals surface area contributed by atoms with Crippen LogP contribution in [0, 0.1) is 0 Å². The van der Waals surface area contributed by atoms with Gasteiger partial charge in [-0.05, 0) is 25.0 Å². The van der Waals surface area contributed by atoms with Crippen LogP contribution in [0.25, 0.3) is 0 Å². The zero-order valence-corrected chi connectivity index (χ0v) is 11.9. The highest BCUT2D eigenvalue weighted by Gasteiger charge is 2.41. The maximum Gasteiger partial charge on any atom is 0.329 e. The molecule has 0 radical (unpaired) electrons. The second kappa shape index (κ2) is 6.58. The van der Waals surface area contributed by atoms with E-state index in [4.69, 9.17) is 5.73 Å². The normalized spacial score (nSPS) is 17.0. The molecule has 0 atom stereocenters. The van der Waals surface area contributed by atoms with Gasteiger partial charge >= 0.3 is 12.0 Å². The van der Waals surface area contributed by atoms with E-state index in [9.17, 15) is 14.7 Å². The van der Waals surface area contributed by atoms with E-state index in [-0.39, 0.29) is 6.67 Å². The highest BCUT2D eigenvalue weighted by Crippen LogP contribution is 2.29. The van der Waals surface area contributed by atoms with E-state index in [0.29, 0.717) is 18.5 Å². The number of aliphatic carboxylic acids is 1. The average molecular weight is 291 g/mol. The molecule has 1 fully saturated rings. The molecule has 4 N–H and O–H groups in total. The monoisotopic (exact) mass is 291 g/mol. The fourth-order valence-corrected chi connectivity index (χ4v) is 2.73. The van der Waals surface area contributed by atoms with Crippen molar-refractivity contribution in [2.45, 2.75) is 37.6 Å². The van der Waals surface area contributed by atoms with Gasteiger partial charge in [0, 0.05) is 5.69 Å². The summed E-state index contributed by atoms with van der Waals surface area (Å²) in [6.45, 7) is -0.00839. The van der Waals surface area contributed by atoms with Gasteiger partial charge in [-0.2, -0.15) is 0 Å². The number of nitrogens with zero attached hydrogens (tertiary/aromatic N) is 1. The summed E-state index contributed by atoms with van der Waals surface area (Å²) < 4.78 is 0. The summed E-state index contributed by atoms with van der Waals surface area (Å²) in [5.41, 5.74) is 5.13. The summed E-state index contributed by atoms with van der Waals surface area (Å²) in [6, 6.07) is 8.52. The van der Waals surface area contributed by atoms with Crippen molar-refractivity contribution in [1.82, 2.24) is 5.32 Å². The third-order valence-electron chi connectivity index (χ3n) is 3.96. The van der Waals surface area contributed by atoms with E-state index < -0.39 is 17.5 Å². The number of carbonyl (C=O) groups excluding carboxylic acids is 1. The smallest absolute Gasteiger partial charge is 0.329 e. The van der Waals surface area contributed by atoms with Crippen LogP contribution >= 0.6 is 0 Å². The molecule has 0 saturated heterocycles. The van der Waals surface area contributed by atoms with Crippen LogP contribution in [0.4, 0.5) is 10.5 Å². The van der Waals surface area contributed by atoms with E-state index in [1.54, 1.807) is 24.3 Å². The predicted octanol–water partition coefficient (Wildman–Crippen LogP) is 1.91. The molecular weight excluding hydrogens is 270 g/mol. The van der Waals surface area contributed by atoms with Crippen molar-refractivity contribution < 1.29 is 14.7 Å². The number of urea groups is 1. The van der Waals surface area contributed by atoms with Crippen molar-refractivity contribution >= 4 is 17.7 Å².